The molecule has 0 saturated carbocycles. The van der Waals surface area contributed by atoms with Gasteiger partial charge in [0.15, 0.2) is 0 Å². The summed E-state index contributed by atoms with van der Waals surface area (Å²) in [5, 5.41) is 14.9. The van der Waals surface area contributed by atoms with Crippen LogP contribution in [-0.2, 0) is 9.59 Å². The molecule has 1 heterocycles. The number of nitrogens with zero attached hydrogens (tertiary/aromatic N) is 2. The molecule has 25 heavy (non-hydrogen) atoms. The number of carbonyl (C=O) groups excluding carboxylic acids is 2. The van der Waals surface area contributed by atoms with Gasteiger partial charge in [-0.25, -0.2) is 0 Å². The van der Waals surface area contributed by atoms with E-state index in [1.54, 1.807) is 0 Å². The van der Waals surface area contributed by atoms with Crippen LogP contribution >= 0.6 is 0 Å². The lowest BCUT2D eigenvalue weighted by molar-refractivity contribution is -0.127. The first kappa shape index (κ1) is 18.5. The molecule has 1 aromatic rings. The number of amides is 2. The predicted octanol–water partition coefficient (Wildman–Crippen LogP) is 2.25. The second kappa shape index (κ2) is 8.88. The Bertz CT molecular complexity index is 719. The second-order valence-corrected chi connectivity index (χ2v) is 6.23. The molecule has 0 spiro atoms. The first-order valence-corrected chi connectivity index (χ1v) is 8.51. The van der Waals surface area contributed by atoms with E-state index in [2.05, 4.69) is 10.6 Å². The van der Waals surface area contributed by atoms with Crippen molar-refractivity contribution in [3.8, 4) is 6.07 Å². The fourth-order valence-electron chi connectivity index (χ4n) is 2.78. The monoisotopic (exact) mass is 340 g/mol. The lowest BCUT2D eigenvalue weighted by Crippen LogP contribution is -2.31. The van der Waals surface area contributed by atoms with E-state index in [0.717, 1.165) is 29.8 Å². The summed E-state index contributed by atoms with van der Waals surface area (Å²) in [5.41, 5.74) is 3.09. The van der Waals surface area contributed by atoms with E-state index in [0.29, 0.717) is 25.9 Å². The highest BCUT2D eigenvalue weighted by Crippen LogP contribution is 2.16. The van der Waals surface area contributed by atoms with Crippen LogP contribution in [0.25, 0.3) is 0 Å². The molecule has 2 amide bonds. The average molecular weight is 340 g/mol. The van der Waals surface area contributed by atoms with E-state index < -0.39 is 5.91 Å². The van der Waals surface area contributed by atoms with Gasteiger partial charge in [0.25, 0.3) is 5.91 Å². The highest BCUT2D eigenvalue weighted by atomic mass is 16.2. The third-order valence-electron chi connectivity index (χ3n) is 4.18. The maximum atomic E-state index is 12.1. The Morgan fingerprint density at radius 3 is 2.84 bits per heavy atom. The molecule has 0 bridgehead atoms. The quantitative estimate of drug-likeness (QED) is 0.453. The molecule has 6 nitrogen and oxygen atoms in total. The minimum Gasteiger partial charge on any atom is -0.360 e. The minimum atomic E-state index is -0.410. The second-order valence-electron chi connectivity index (χ2n) is 6.23. The summed E-state index contributed by atoms with van der Waals surface area (Å²) in [6.45, 7) is 5.86. The van der Waals surface area contributed by atoms with Crippen molar-refractivity contribution in [3.05, 3.63) is 41.1 Å². The third kappa shape index (κ3) is 5.35. The van der Waals surface area contributed by atoms with Gasteiger partial charge in [-0.1, -0.05) is 17.7 Å². The molecule has 0 atom stereocenters. The van der Waals surface area contributed by atoms with Crippen molar-refractivity contribution in [3.63, 3.8) is 0 Å². The van der Waals surface area contributed by atoms with Crippen molar-refractivity contribution < 1.29 is 9.59 Å². The van der Waals surface area contributed by atoms with Crippen LogP contribution in [0.5, 0.6) is 0 Å². The fraction of sp³-hybridized carbons (Fsp3) is 0.421. The number of likely N-dealkylation sites (tertiary alicyclic amines) is 1. The Morgan fingerprint density at radius 1 is 1.40 bits per heavy atom. The number of aryl methyl sites for hydroxylation is 2. The van der Waals surface area contributed by atoms with Gasteiger partial charge in [0.05, 0.1) is 0 Å². The van der Waals surface area contributed by atoms with Gasteiger partial charge in [-0.3, -0.25) is 9.59 Å². The predicted molar refractivity (Wildman–Crippen MR) is 96.7 cm³/mol. The van der Waals surface area contributed by atoms with Crippen molar-refractivity contribution in [1.82, 2.24) is 10.2 Å². The zero-order valence-electron chi connectivity index (χ0n) is 14.8. The summed E-state index contributed by atoms with van der Waals surface area (Å²) in [4.78, 5) is 25.4. The van der Waals surface area contributed by atoms with E-state index in [1.807, 2.05) is 43.0 Å². The van der Waals surface area contributed by atoms with Gasteiger partial charge in [-0.05, 0) is 38.3 Å². The number of nitrogens with one attached hydrogen (secondary N) is 2. The van der Waals surface area contributed by atoms with Crippen LogP contribution in [0, 0.1) is 25.2 Å². The maximum absolute atomic E-state index is 12.1. The minimum absolute atomic E-state index is 0.0252. The van der Waals surface area contributed by atoms with Gasteiger partial charge in [-0.15, -0.1) is 0 Å². The standard InChI is InChI=1S/C19H24N4O2/c1-14-6-7-17(15(2)11-14)22-13-16(12-20)19(25)21-8-4-10-23-9-3-5-18(23)24/h6-7,11,13,22H,3-5,8-10H2,1-2H3,(H,21,25)/b16-13-. The van der Waals surface area contributed by atoms with E-state index in [9.17, 15) is 14.9 Å². The van der Waals surface area contributed by atoms with Crippen LogP contribution in [0.3, 0.4) is 0 Å². The number of rotatable bonds is 7. The van der Waals surface area contributed by atoms with E-state index in [4.69, 9.17) is 0 Å². The van der Waals surface area contributed by atoms with Gasteiger partial charge >= 0.3 is 0 Å². The summed E-state index contributed by atoms with van der Waals surface area (Å²) in [6.07, 6.45) is 3.64. The number of nitriles is 1. The molecule has 6 heteroatoms. The maximum Gasteiger partial charge on any atom is 0.263 e. The Hall–Kier alpha value is -2.81. The molecule has 0 aromatic heterocycles. The van der Waals surface area contributed by atoms with Gasteiger partial charge in [0.2, 0.25) is 5.91 Å². The van der Waals surface area contributed by atoms with Crippen molar-refractivity contribution in [1.29, 1.82) is 5.26 Å². The van der Waals surface area contributed by atoms with Gasteiger partial charge in [0, 0.05) is 37.9 Å². The molecule has 1 aliphatic rings. The SMILES string of the molecule is Cc1ccc(N/C=C(/C#N)C(=O)NCCCN2CCCC2=O)c(C)c1. The molecule has 0 unspecified atom stereocenters. The van der Waals surface area contributed by atoms with Crippen molar-refractivity contribution in [2.24, 2.45) is 0 Å². The zero-order chi connectivity index (χ0) is 18.2. The zero-order valence-corrected chi connectivity index (χ0v) is 14.8. The number of anilines is 1. The van der Waals surface area contributed by atoms with Crippen LogP contribution in [0.4, 0.5) is 5.69 Å². The number of carbonyl (C=O) groups is 2. The van der Waals surface area contributed by atoms with Crippen molar-refractivity contribution in [2.45, 2.75) is 33.1 Å². The van der Waals surface area contributed by atoms with Crippen LogP contribution in [0.2, 0.25) is 0 Å². The molecule has 2 rings (SSSR count). The topological polar surface area (TPSA) is 85.2 Å². The first-order chi connectivity index (χ1) is 12.0. The van der Waals surface area contributed by atoms with Crippen molar-refractivity contribution in [2.75, 3.05) is 25.0 Å². The van der Waals surface area contributed by atoms with Crippen LogP contribution < -0.4 is 10.6 Å². The number of benzene rings is 1. The van der Waals surface area contributed by atoms with Gasteiger partial charge in [0.1, 0.15) is 11.6 Å². The highest BCUT2D eigenvalue weighted by Gasteiger charge is 2.19. The summed E-state index contributed by atoms with van der Waals surface area (Å²) < 4.78 is 0. The third-order valence-corrected chi connectivity index (χ3v) is 4.18. The molecule has 1 aromatic carbocycles. The van der Waals surface area contributed by atoms with E-state index in [-0.39, 0.29) is 11.5 Å². The molecule has 0 aliphatic carbocycles. The Morgan fingerprint density at radius 2 is 2.20 bits per heavy atom. The largest absolute Gasteiger partial charge is 0.360 e. The molecule has 2 N–H and O–H groups in total. The van der Waals surface area contributed by atoms with E-state index >= 15 is 0 Å². The summed E-state index contributed by atoms with van der Waals surface area (Å²) in [6, 6.07) is 7.83. The normalized spacial score (nSPS) is 14.4. The van der Waals surface area contributed by atoms with Gasteiger partial charge in [-0.2, -0.15) is 5.26 Å². The number of hydrogen-bond donors (Lipinski definition) is 2. The average Bonchev–Trinajstić information content (AvgIpc) is 2.99. The van der Waals surface area contributed by atoms with Crippen LogP contribution in [0.15, 0.2) is 30.0 Å². The molecular formula is C19H24N4O2. The lowest BCUT2D eigenvalue weighted by Gasteiger charge is -2.15. The molecular weight excluding hydrogens is 316 g/mol. The lowest BCUT2D eigenvalue weighted by atomic mass is 10.1. The Labute approximate surface area is 148 Å². The first-order valence-electron chi connectivity index (χ1n) is 8.51. The fourth-order valence-corrected chi connectivity index (χ4v) is 2.78. The van der Waals surface area contributed by atoms with Crippen molar-refractivity contribution >= 4 is 17.5 Å². The van der Waals surface area contributed by atoms with Crippen LogP contribution in [-0.4, -0.2) is 36.3 Å². The molecule has 1 fully saturated rings. The highest BCUT2D eigenvalue weighted by molar-refractivity contribution is 5.97. The molecule has 132 valence electrons. The smallest absolute Gasteiger partial charge is 0.263 e. The Kier molecular flexibility index (Phi) is 6.58. The molecule has 1 saturated heterocycles. The summed E-state index contributed by atoms with van der Waals surface area (Å²) in [7, 11) is 0. The molecule has 0 radical (unpaired) electrons. The van der Waals surface area contributed by atoms with Gasteiger partial charge < -0.3 is 15.5 Å². The summed E-state index contributed by atoms with van der Waals surface area (Å²) >= 11 is 0. The van der Waals surface area contributed by atoms with E-state index in [1.165, 1.54) is 6.20 Å². The Balaban J connectivity index is 1.81. The van der Waals surface area contributed by atoms with Crippen LogP contribution in [0.1, 0.15) is 30.4 Å². The number of hydrogen-bond acceptors (Lipinski definition) is 4. The summed E-state index contributed by atoms with van der Waals surface area (Å²) in [5.74, 6) is -0.228. The molecule has 1 aliphatic heterocycles.